The second-order valence-corrected chi connectivity index (χ2v) is 9.83. The number of unbranched alkanes of at least 4 members (excludes halogenated alkanes) is 2. The number of hydrogen-bond acceptors (Lipinski definition) is 3. The number of carboxylic acids is 1. The molecule has 0 rings (SSSR count). The second kappa shape index (κ2) is 14.3. The van der Waals surface area contributed by atoms with E-state index in [2.05, 4.69) is 54.7 Å². The number of rotatable bonds is 5. The summed E-state index contributed by atoms with van der Waals surface area (Å²) in [5, 5.41) is 8.11. The van der Waals surface area contributed by atoms with Crippen LogP contribution < -0.4 is 0 Å². The average molecular weight is 500 g/mol. The van der Waals surface area contributed by atoms with Gasteiger partial charge in [-0.3, -0.25) is 4.79 Å². The van der Waals surface area contributed by atoms with Gasteiger partial charge in [0.15, 0.2) is 0 Å². The molecule has 0 atom stereocenters. The third kappa shape index (κ3) is 19.2. The van der Waals surface area contributed by atoms with E-state index in [1.54, 1.807) is 0 Å². The van der Waals surface area contributed by atoms with Gasteiger partial charge in [0.2, 0.25) is 2.14 Å². The number of alkyl halides is 3. The Kier molecular flexibility index (Phi) is 19.0. The standard InChI is InChI=1S/C8H16O2.C2HBr3O2.Ni/c1-3-5-6-7-8(9)10-4-2;3-2(4,5)1(6)7;/h3-7H2,1-2H3;(H,6,7);. The van der Waals surface area contributed by atoms with Gasteiger partial charge in [0, 0.05) is 22.9 Å². The summed E-state index contributed by atoms with van der Waals surface area (Å²) in [5.74, 6) is -1.07. The van der Waals surface area contributed by atoms with Gasteiger partial charge in [-0.1, -0.05) is 19.8 Å². The van der Waals surface area contributed by atoms with Crippen molar-refractivity contribution in [3.8, 4) is 0 Å². The normalized spacial score (nSPS) is 9.61. The van der Waals surface area contributed by atoms with Gasteiger partial charge in [-0.05, 0) is 61.1 Å². The van der Waals surface area contributed by atoms with E-state index in [4.69, 9.17) is 9.84 Å². The SMILES string of the molecule is CCCCCC(=O)OCC.O=C(O)C(Br)(Br)Br.[Ni]. The average Bonchev–Trinajstić information content (AvgIpc) is 2.18. The van der Waals surface area contributed by atoms with Crippen LogP contribution in [0.5, 0.6) is 0 Å². The van der Waals surface area contributed by atoms with Gasteiger partial charge in [0.1, 0.15) is 0 Å². The molecule has 18 heavy (non-hydrogen) atoms. The maximum Gasteiger partial charge on any atom is 0.342 e. The van der Waals surface area contributed by atoms with Gasteiger partial charge in [-0.2, -0.15) is 0 Å². The number of hydrogen-bond donors (Lipinski definition) is 1. The minimum atomic E-state index is -1.15. The Hall–Kier alpha value is 0.874. The van der Waals surface area contributed by atoms with Crippen molar-refractivity contribution in [2.45, 2.75) is 41.7 Å². The Labute approximate surface area is 143 Å². The zero-order chi connectivity index (χ0) is 13.9. The van der Waals surface area contributed by atoms with Crippen molar-refractivity contribution in [2.24, 2.45) is 0 Å². The van der Waals surface area contributed by atoms with E-state index in [9.17, 15) is 9.59 Å². The summed E-state index contributed by atoms with van der Waals surface area (Å²) in [5.41, 5.74) is 0. The van der Waals surface area contributed by atoms with Crippen LogP contribution in [-0.4, -0.2) is 25.8 Å². The van der Waals surface area contributed by atoms with E-state index < -0.39 is 8.11 Å². The molecule has 0 aromatic heterocycles. The fraction of sp³-hybridized carbons (Fsp3) is 0.800. The number of carbonyl (C=O) groups excluding carboxylic acids is 1. The molecule has 0 unspecified atom stereocenters. The van der Waals surface area contributed by atoms with Crippen molar-refractivity contribution in [1.29, 1.82) is 0 Å². The molecule has 0 aliphatic heterocycles. The molecule has 0 saturated carbocycles. The van der Waals surface area contributed by atoms with E-state index in [-0.39, 0.29) is 22.5 Å². The van der Waals surface area contributed by atoms with E-state index >= 15 is 0 Å². The van der Waals surface area contributed by atoms with Gasteiger partial charge in [-0.25, -0.2) is 4.79 Å². The molecule has 8 heteroatoms. The van der Waals surface area contributed by atoms with Crippen LogP contribution in [0, 0.1) is 0 Å². The Morgan fingerprint density at radius 1 is 1.17 bits per heavy atom. The minimum Gasteiger partial charge on any atom is -0.479 e. The van der Waals surface area contributed by atoms with E-state index in [1.165, 1.54) is 0 Å². The molecule has 1 N–H and O–H groups in total. The zero-order valence-corrected chi connectivity index (χ0v) is 15.9. The molecule has 0 aromatic carbocycles. The predicted molar refractivity (Wildman–Crippen MR) is 77.9 cm³/mol. The Bertz CT molecular complexity index is 232. The smallest absolute Gasteiger partial charge is 0.342 e. The monoisotopic (exact) mass is 496 g/mol. The molecule has 0 radical (unpaired) electrons. The Morgan fingerprint density at radius 3 is 1.89 bits per heavy atom. The maximum absolute atomic E-state index is 10.7. The van der Waals surface area contributed by atoms with Crippen LogP contribution in [0.3, 0.4) is 0 Å². The quantitative estimate of drug-likeness (QED) is 0.268. The molecule has 0 amide bonds. The first kappa shape index (κ1) is 23.9. The molecular formula is C10H17Br3NiO4. The van der Waals surface area contributed by atoms with Gasteiger partial charge < -0.3 is 9.84 Å². The summed E-state index contributed by atoms with van der Waals surface area (Å²) in [4.78, 5) is 20.6. The molecule has 0 spiro atoms. The maximum atomic E-state index is 10.7. The minimum absolute atomic E-state index is 0. The fourth-order valence-corrected chi connectivity index (χ4v) is 0.752. The molecule has 0 saturated heterocycles. The molecule has 0 heterocycles. The first-order valence-corrected chi connectivity index (χ1v) is 7.59. The van der Waals surface area contributed by atoms with Gasteiger partial charge in [-0.15, -0.1) is 0 Å². The van der Waals surface area contributed by atoms with Crippen molar-refractivity contribution in [1.82, 2.24) is 0 Å². The van der Waals surface area contributed by atoms with Crippen molar-refractivity contribution < 1.29 is 35.9 Å². The number of ether oxygens (including phenoxy) is 1. The van der Waals surface area contributed by atoms with Crippen LogP contribution in [0.2, 0.25) is 0 Å². The van der Waals surface area contributed by atoms with Crippen LogP contribution in [0.4, 0.5) is 0 Å². The summed E-state index contributed by atoms with van der Waals surface area (Å²) < 4.78 is 3.60. The van der Waals surface area contributed by atoms with Crippen molar-refractivity contribution in [3.05, 3.63) is 0 Å². The summed E-state index contributed by atoms with van der Waals surface area (Å²) in [6.45, 7) is 4.45. The number of esters is 1. The molecule has 0 aromatic rings. The third-order valence-electron chi connectivity index (χ3n) is 1.53. The molecule has 0 bridgehead atoms. The van der Waals surface area contributed by atoms with E-state index in [0.29, 0.717) is 13.0 Å². The number of halogens is 3. The van der Waals surface area contributed by atoms with Crippen molar-refractivity contribution in [2.75, 3.05) is 6.61 Å². The first-order chi connectivity index (χ1) is 7.75. The molecule has 0 aliphatic rings. The van der Waals surface area contributed by atoms with E-state index in [1.807, 2.05) is 6.92 Å². The zero-order valence-electron chi connectivity index (χ0n) is 10.2. The van der Waals surface area contributed by atoms with Crippen LogP contribution in [0.25, 0.3) is 0 Å². The second-order valence-electron chi connectivity index (χ2n) is 3.07. The predicted octanol–water partition coefficient (Wildman–Crippen LogP) is 4.04. The largest absolute Gasteiger partial charge is 0.479 e. The van der Waals surface area contributed by atoms with Crippen LogP contribution >= 0.6 is 47.8 Å². The summed E-state index contributed by atoms with van der Waals surface area (Å²) in [6, 6.07) is 0. The number of carbonyl (C=O) groups is 2. The number of aliphatic carboxylic acids is 1. The summed E-state index contributed by atoms with van der Waals surface area (Å²) in [6.07, 6.45) is 3.83. The Balaban J connectivity index is -0.000000251. The summed E-state index contributed by atoms with van der Waals surface area (Å²) in [7, 11) is 0. The molecular weight excluding hydrogens is 483 g/mol. The van der Waals surface area contributed by atoms with Crippen molar-refractivity contribution in [3.63, 3.8) is 0 Å². The topological polar surface area (TPSA) is 63.6 Å². The Morgan fingerprint density at radius 2 is 1.61 bits per heavy atom. The van der Waals surface area contributed by atoms with E-state index in [0.717, 1.165) is 19.3 Å². The molecule has 4 nitrogen and oxygen atoms in total. The van der Waals surface area contributed by atoms with Gasteiger partial charge in [0.05, 0.1) is 6.61 Å². The summed E-state index contributed by atoms with van der Waals surface area (Å²) >= 11 is 8.33. The van der Waals surface area contributed by atoms with Crippen LogP contribution in [0.1, 0.15) is 39.5 Å². The molecule has 112 valence electrons. The van der Waals surface area contributed by atoms with Crippen LogP contribution in [0.15, 0.2) is 0 Å². The van der Waals surface area contributed by atoms with Crippen molar-refractivity contribution >= 4 is 59.7 Å². The molecule has 0 fully saturated rings. The van der Waals surface area contributed by atoms with Gasteiger partial charge in [0.25, 0.3) is 0 Å². The third-order valence-corrected chi connectivity index (χ3v) is 2.55. The first-order valence-electron chi connectivity index (χ1n) is 5.21. The molecule has 0 aliphatic carbocycles. The van der Waals surface area contributed by atoms with Crippen LogP contribution in [-0.2, 0) is 30.8 Å². The number of carboxylic acid groups (broad SMARTS) is 1. The fourth-order valence-electron chi connectivity index (χ4n) is 0.752. The van der Waals surface area contributed by atoms with Gasteiger partial charge >= 0.3 is 11.9 Å².